The predicted molar refractivity (Wildman–Crippen MR) is 163 cm³/mol. The van der Waals surface area contributed by atoms with Gasteiger partial charge in [0.1, 0.15) is 6.04 Å². The first-order valence-electron chi connectivity index (χ1n) is 14.0. The number of hydrogen-bond donors (Lipinski definition) is 1. The molecule has 4 rings (SSSR count). The Bertz CT molecular complexity index is 1290. The van der Waals surface area contributed by atoms with Crippen LogP contribution in [0.5, 0.6) is 0 Å². The van der Waals surface area contributed by atoms with Crippen LogP contribution in [0.2, 0.25) is 5.02 Å². The third-order valence-electron chi connectivity index (χ3n) is 7.15. The Labute approximate surface area is 243 Å². The normalized spacial score (nSPS) is 11.7. The van der Waals surface area contributed by atoms with Crippen LogP contribution in [0.3, 0.4) is 0 Å². The summed E-state index contributed by atoms with van der Waals surface area (Å²) in [5.41, 5.74) is 4.07. The van der Waals surface area contributed by atoms with Gasteiger partial charge in [-0.25, -0.2) is 0 Å². The first kappa shape index (κ1) is 29.1. The molecule has 5 heteroatoms. The Kier molecular flexibility index (Phi) is 10.9. The van der Waals surface area contributed by atoms with Gasteiger partial charge < -0.3 is 10.2 Å². The molecule has 0 aliphatic carbocycles. The molecule has 0 aliphatic rings. The summed E-state index contributed by atoms with van der Waals surface area (Å²) in [5.74, 6) is -0.335. The molecule has 0 unspecified atom stereocenters. The lowest BCUT2D eigenvalue weighted by Gasteiger charge is -2.33. The minimum Gasteiger partial charge on any atom is -0.354 e. The molecule has 0 fully saturated rings. The molecule has 2 amide bonds. The second-order valence-electron chi connectivity index (χ2n) is 10.1. The van der Waals surface area contributed by atoms with Crippen molar-refractivity contribution in [3.8, 4) is 0 Å². The number of unbranched alkanes of at least 4 members (excludes halogenated alkanes) is 1. The fraction of sp³-hybridized carbons (Fsp3) is 0.257. The van der Waals surface area contributed by atoms with Gasteiger partial charge in [0.15, 0.2) is 0 Å². The number of nitrogens with zero attached hydrogens (tertiary/aromatic N) is 1. The number of amides is 2. The molecule has 206 valence electrons. The van der Waals surface area contributed by atoms with Gasteiger partial charge in [-0.2, -0.15) is 0 Å². The highest BCUT2D eigenvalue weighted by molar-refractivity contribution is 6.30. The summed E-state index contributed by atoms with van der Waals surface area (Å²) in [6, 6.07) is 37.0. The average Bonchev–Trinajstić information content (AvgIpc) is 3.00. The number of halogens is 1. The molecule has 0 saturated carbocycles. The minimum absolute atomic E-state index is 0.0702. The molecule has 0 radical (unpaired) electrons. The molecule has 4 aromatic carbocycles. The maximum atomic E-state index is 14.4. The van der Waals surface area contributed by atoms with Gasteiger partial charge in [-0.05, 0) is 40.8 Å². The lowest BCUT2D eigenvalue weighted by Crippen LogP contribution is -2.51. The lowest BCUT2D eigenvalue weighted by atomic mass is 9.87. The highest BCUT2D eigenvalue weighted by Gasteiger charge is 2.32. The van der Waals surface area contributed by atoms with Gasteiger partial charge in [-0.3, -0.25) is 9.59 Å². The van der Waals surface area contributed by atoms with E-state index in [1.165, 1.54) is 0 Å². The molecule has 0 aliphatic heterocycles. The Morgan fingerprint density at radius 1 is 0.750 bits per heavy atom. The number of benzene rings is 4. The molecular formula is C35H37ClN2O2. The van der Waals surface area contributed by atoms with Crippen molar-refractivity contribution < 1.29 is 9.59 Å². The topological polar surface area (TPSA) is 49.4 Å². The van der Waals surface area contributed by atoms with E-state index in [1.807, 2.05) is 91.0 Å². The second-order valence-corrected chi connectivity index (χ2v) is 10.5. The molecule has 0 heterocycles. The van der Waals surface area contributed by atoms with Crippen LogP contribution < -0.4 is 5.32 Å². The molecule has 4 aromatic rings. The van der Waals surface area contributed by atoms with Crippen LogP contribution in [0.15, 0.2) is 115 Å². The fourth-order valence-corrected chi connectivity index (χ4v) is 5.06. The minimum atomic E-state index is -0.658. The molecule has 4 nitrogen and oxygen atoms in total. The van der Waals surface area contributed by atoms with Crippen LogP contribution >= 0.6 is 11.6 Å². The fourth-order valence-electron chi connectivity index (χ4n) is 4.94. The number of nitrogens with one attached hydrogen (secondary N) is 1. The largest absolute Gasteiger partial charge is 0.354 e. The summed E-state index contributed by atoms with van der Waals surface area (Å²) < 4.78 is 0. The standard InChI is InChI=1S/C35H37ClN2O2/c1-2-3-23-37-35(40)33(24-27-13-7-4-8-14-27)38(26-28-19-21-31(36)22-20-28)34(39)25-32(29-15-9-5-10-16-29)30-17-11-6-12-18-30/h4-22,32-33H,2-3,23-26H2,1H3,(H,37,40)/t33-/m1/s1. The predicted octanol–water partition coefficient (Wildman–Crippen LogP) is 7.42. The van der Waals surface area contributed by atoms with Crippen LogP contribution in [0, 0.1) is 0 Å². The van der Waals surface area contributed by atoms with E-state index < -0.39 is 6.04 Å². The first-order valence-corrected chi connectivity index (χ1v) is 14.4. The Morgan fingerprint density at radius 3 is 1.85 bits per heavy atom. The molecule has 0 saturated heterocycles. The van der Waals surface area contributed by atoms with E-state index in [2.05, 4.69) is 36.5 Å². The van der Waals surface area contributed by atoms with E-state index in [0.29, 0.717) is 24.5 Å². The van der Waals surface area contributed by atoms with Crippen LogP contribution in [0.1, 0.15) is 54.4 Å². The van der Waals surface area contributed by atoms with Gasteiger partial charge in [0.2, 0.25) is 11.8 Å². The number of rotatable bonds is 13. The van der Waals surface area contributed by atoms with Crippen molar-refractivity contribution in [3.05, 3.63) is 143 Å². The third-order valence-corrected chi connectivity index (χ3v) is 7.40. The van der Waals surface area contributed by atoms with E-state index in [0.717, 1.165) is 35.1 Å². The molecule has 1 atom stereocenters. The molecule has 0 spiro atoms. The van der Waals surface area contributed by atoms with E-state index >= 15 is 0 Å². The summed E-state index contributed by atoms with van der Waals surface area (Å²) in [4.78, 5) is 29.8. The molecule has 40 heavy (non-hydrogen) atoms. The Balaban J connectivity index is 1.71. The van der Waals surface area contributed by atoms with E-state index in [4.69, 9.17) is 11.6 Å². The summed E-state index contributed by atoms with van der Waals surface area (Å²) in [6.45, 7) is 2.99. The smallest absolute Gasteiger partial charge is 0.243 e. The number of carbonyl (C=O) groups is 2. The molecule has 0 aromatic heterocycles. The molecular weight excluding hydrogens is 516 g/mol. The van der Waals surface area contributed by atoms with Crippen LogP contribution in [0.4, 0.5) is 0 Å². The van der Waals surface area contributed by atoms with Gasteiger partial charge in [0.25, 0.3) is 0 Å². The van der Waals surface area contributed by atoms with Crippen LogP contribution in [-0.4, -0.2) is 29.3 Å². The van der Waals surface area contributed by atoms with Crippen molar-refractivity contribution in [2.24, 2.45) is 0 Å². The van der Waals surface area contributed by atoms with Crippen molar-refractivity contribution in [1.82, 2.24) is 10.2 Å². The quantitative estimate of drug-likeness (QED) is 0.175. The van der Waals surface area contributed by atoms with E-state index in [9.17, 15) is 9.59 Å². The number of hydrogen-bond acceptors (Lipinski definition) is 2. The average molecular weight is 553 g/mol. The SMILES string of the molecule is CCCCNC(=O)[C@@H](Cc1ccccc1)N(Cc1ccc(Cl)cc1)C(=O)CC(c1ccccc1)c1ccccc1. The molecule has 0 bridgehead atoms. The highest BCUT2D eigenvalue weighted by atomic mass is 35.5. The van der Waals surface area contributed by atoms with Crippen molar-refractivity contribution in [2.45, 2.75) is 51.1 Å². The van der Waals surface area contributed by atoms with Gasteiger partial charge in [-0.1, -0.05) is 128 Å². The maximum absolute atomic E-state index is 14.4. The van der Waals surface area contributed by atoms with Crippen molar-refractivity contribution in [1.29, 1.82) is 0 Å². The van der Waals surface area contributed by atoms with E-state index in [-0.39, 0.29) is 24.2 Å². The van der Waals surface area contributed by atoms with Gasteiger partial charge in [0.05, 0.1) is 0 Å². The highest BCUT2D eigenvalue weighted by Crippen LogP contribution is 2.30. The molecule has 1 N–H and O–H groups in total. The third kappa shape index (κ3) is 8.30. The summed E-state index contributed by atoms with van der Waals surface area (Å²) in [6.07, 6.45) is 2.54. The Morgan fingerprint density at radius 2 is 1.30 bits per heavy atom. The Hall–Kier alpha value is -3.89. The first-order chi connectivity index (χ1) is 19.5. The van der Waals surface area contributed by atoms with Crippen LogP contribution in [0.25, 0.3) is 0 Å². The van der Waals surface area contributed by atoms with Gasteiger partial charge in [-0.15, -0.1) is 0 Å². The zero-order valence-corrected chi connectivity index (χ0v) is 23.8. The summed E-state index contributed by atoms with van der Waals surface area (Å²) in [5, 5.41) is 3.73. The summed E-state index contributed by atoms with van der Waals surface area (Å²) >= 11 is 6.16. The monoisotopic (exact) mass is 552 g/mol. The van der Waals surface area contributed by atoms with Crippen molar-refractivity contribution in [2.75, 3.05) is 6.54 Å². The zero-order chi connectivity index (χ0) is 28.2. The van der Waals surface area contributed by atoms with Gasteiger partial charge in [0, 0.05) is 36.9 Å². The van der Waals surface area contributed by atoms with Crippen LogP contribution in [-0.2, 0) is 22.6 Å². The van der Waals surface area contributed by atoms with Gasteiger partial charge >= 0.3 is 0 Å². The second kappa shape index (κ2) is 15.0. The maximum Gasteiger partial charge on any atom is 0.243 e. The van der Waals surface area contributed by atoms with Crippen molar-refractivity contribution >= 4 is 23.4 Å². The lowest BCUT2D eigenvalue weighted by molar-refractivity contribution is -0.141. The number of carbonyl (C=O) groups excluding carboxylic acids is 2. The zero-order valence-electron chi connectivity index (χ0n) is 23.0. The van der Waals surface area contributed by atoms with E-state index in [1.54, 1.807) is 4.90 Å². The van der Waals surface area contributed by atoms with Crippen molar-refractivity contribution in [3.63, 3.8) is 0 Å². The summed E-state index contributed by atoms with van der Waals surface area (Å²) in [7, 11) is 0.